The molecule has 4 nitrogen and oxygen atoms in total. The van der Waals surface area contributed by atoms with Gasteiger partial charge in [-0.05, 0) is 41.5 Å². The second-order valence-corrected chi connectivity index (χ2v) is 6.15. The molecule has 7 heteroatoms. The lowest BCUT2D eigenvalue weighted by molar-refractivity contribution is -0.0884. The summed E-state index contributed by atoms with van der Waals surface area (Å²) in [6.45, 7) is 1.24. The number of carbonyl (C=O) groups is 1. The molecule has 1 aromatic carbocycles. The van der Waals surface area contributed by atoms with E-state index in [-0.39, 0.29) is 28.3 Å². The third-order valence-corrected chi connectivity index (χ3v) is 4.78. The van der Waals surface area contributed by atoms with Crippen molar-refractivity contribution in [2.24, 2.45) is 0 Å². The Morgan fingerprint density at radius 1 is 1.17 bits per heavy atom. The highest BCUT2D eigenvalue weighted by Gasteiger charge is 2.45. The van der Waals surface area contributed by atoms with Gasteiger partial charge in [0.2, 0.25) is 5.56 Å². The zero-order chi connectivity index (χ0) is 16.4. The van der Waals surface area contributed by atoms with Crippen molar-refractivity contribution in [1.82, 2.24) is 10.3 Å². The van der Waals surface area contributed by atoms with Gasteiger partial charge in [-0.3, -0.25) is 9.59 Å². The first kappa shape index (κ1) is 14.4. The molecule has 0 radical (unpaired) electrons. The van der Waals surface area contributed by atoms with Gasteiger partial charge in [-0.15, -0.1) is 0 Å². The molecular formula is C16H13F3N2O2. The zero-order valence-corrected chi connectivity index (χ0v) is 12.0. The van der Waals surface area contributed by atoms with Crippen LogP contribution in [0.5, 0.6) is 0 Å². The Morgan fingerprint density at radius 3 is 2.65 bits per heavy atom. The maximum atomic E-state index is 13.1. The zero-order valence-electron chi connectivity index (χ0n) is 12.0. The van der Waals surface area contributed by atoms with Crippen molar-refractivity contribution >= 4 is 16.7 Å². The van der Waals surface area contributed by atoms with Gasteiger partial charge in [-0.25, -0.2) is 0 Å². The number of nitrogens with one attached hydrogen (secondary N) is 2. The molecular weight excluding hydrogens is 309 g/mol. The molecule has 4 rings (SSSR count). The third-order valence-electron chi connectivity index (χ3n) is 4.78. The molecule has 2 aliphatic rings. The first-order valence-corrected chi connectivity index (χ1v) is 7.38. The van der Waals surface area contributed by atoms with E-state index in [4.69, 9.17) is 0 Å². The normalized spacial score (nSPS) is 23.1. The summed E-state index contributed by atoms with van der Waals surface area (Å²) in [7, 11) is 0. The van der Waals surface area contributed by atoms with Crippen LogP contribution in [-0.2, 0) is 0 Å². The number of ketones is 1. The number of H-pyrrole nitrogens is 1. The first-order chi connectivity index (χ1) is 10.9. The van der Waals surface area contributed by atoms with Gasteiger partial charge in [0, 0.05) is 35.6 Å². The maximum Gasteiger partial charge on any atom is 0.454 e. The molecule has 0 amide bonds. The summed E-state index contributed by atoms with van der Waals surface area (Å²) in [5.74, 6) is -1.85. The lowest BCUT2D eigenvalue weighted by atomic mass is 9.90. The standard InChI is InChI=1S/C16H13F3N2O2/c17-16(18,19)15(23)14-9-1-2-12(22)21-11(9)4-10-7-3-8(13(10)14)6-20-5-7/h1-2,4,7-8,20H,3,5-6H2,(H,21,22). The van der Waals surface area contributed by atoms with Gasteiger partial charge < -0.3 is 10.3 Å². The van der Waals surface area contributed by atoms with E-state index in [0.29, 0.717) is 18.7 Å². The predicted octanol–water partition coefficient (Wildman–Crippen LogP) is 2.45. The number of pyridine rings is 1. The Labute approximate surface area is 128 Å². The summed E-state index contributed by atoms with van der Waals surface area (Å²) in [6.07, 6.45) is -4.21. The van der Waals surface area contributed by atoms with Crippen molar-refractivity contribution in [1.29, 1.82) is 0 Å². The lowest BCUT2D eigenvalue weighted by Gasteiger charge is -2.20. The average molecular weight is 322 g/mol. The van der Waals surface area contributed by atoms with Crippen molar-refractivity contribution in [2.45, 2.75) is 24.4 Å². The summed E-state index contributed by atoms with van der Waals surface area (Å²) in [5, 5.41) is 3.37. The molecule has 2 bridgehead atoms. The Morgan fingerprint density at radius 2 is 1.91 bits per heavy atom. The van der Waals surface area contributed by atoms with E-state index in [1.165, 1.54) is 6.07 Å². The van der Waals surface area contributed by atoms with Gasteiger partial charge in [0.1, 0.15) is 0 Å². The van der Waals surface area contributed by atoms with Crippen LogP contribution in [0.4, 0.5) is 13.2 Å². The predicted molar refractivity (Wildman–Crippen MR) is 77.9 cm³/mol. The van der Waals surface area contributed by atoms with Crippen LogP contribution in [0.2, 0.25) is 0 Å². The number of Topliss-reactive ketones (excluding diaryl/α,β-unsaturated/α-hetero) is 1. The Bertz CT molecular complexity index is 885. The molecule has 2 heterocycles. The van der Waals surface area contributed by atoms with Gasteiger partial charge in [-0.1, -0.05) is 0 Å². The van der Waals surface area contributed by atoms with Crippen LogP contribution in [0.15, 0.2) is 23.0 Å². The van der Waals surface area contributed by atoms with Gasteiger partial charge >= 0.3 is 6.18 Å². The number of aromatic amines is 1. The highest BCUT2D eigenvalue weighted by Crippen LogP contribution is 2.48. The fourth-order valence-electron chi connectivity index (χ4n) is 3.91. The highest BCUT2D eigenvalue weighted by molar-refractivity contribution is 6.12. The Kier molecular flexibility index (Phi) is 2.93. The molecule has 1 aromatic heterocycles. The van der Waals surface area contributed by atoms with E-state index >= 15 is 0 Å². The monoisotopic (exact) mass is 322 g/mol. The summed E-state index contributed by atoms with van der Waals surface area (Å²) in [6, 6.07) is 4.20. The second-order valence-electron chi connectivity index (χ2n) is 6.15. The minimum atomic E-state index is -4.94. The fourth-order valence-corrected chi connectivity index (χ4v) is 3.91. The number of aromatic nitrogens is 1. The van der Waals surface area contributed by atoms with E-state index in [0.717, 1.165) is 18.1 Å². The van der Waals surface area contributed by atoms with Crippen LogP contribution in [0.1, 0.15) is 39.7 Å². The largest absolute Gasteiger partial charge is 0.454 e. The number of hydrogen-bond acceptors (Lipinski definition) is 3. The number of hydrogen-bond donors (Lipinski definition) is 2. The van der Waals surface area contributed by atoms with Crippen molar-refractivity contribution in [2.75, 3.05) is 13.1 Å². The molecule has 2 N–H and O–H groups in total. The molecule has 1 aliphatic carbocycles. The molecule has 2 aromatic rings. The number of halogens is 3. The number of piperidine rings is 1. The lowest BCUT2D eigenvalue weighted by Crippen LogP contribution is -2.29. The first-order valence-electron chi connectivity index (χ1n) is 7.38. The van der Waals surface area contributed by atoms with Crippen molar-refractivity contribution in [3.63, 3.8) is 0 Å². The van der Waals surface area contributed by atoms with Gasteiger partial charge in [0.25, 0.3) is 5.78 Å². The number of rotatable bonds is 1. The van der Waals surface area contributed by atoms with Crippen LogP contribution in [0.3, 0.4) is 0 Å². The number of carbonyl (C=O) groups excluding carboxylic acids is 1. The van der Waals surface area contributed by atoms with Crippen LogP contribution in [0.25, 0.3) is 10.9 Å². The molecule has 23 heavy (non-hydrogen) atoms. The van der Waals surface area contributed by atoms with E-state index in [2.05, 4.69) is 10.3 Å². The average Bonchev–Trinajstić information content (AvgIpc) is 2.74. The Hall–Kier alpha value is -2.15. The Balaban J connectivity index is 2.10. The topological polar surface area (TPSA) is 62.0 Å². The maximum absolute atomic E-state index is 13.1. The number of fused-ring (bicyclic) bond motifs is 6. The van der Waals surface area contributed by atoms with Crippen molar-refractivity contribution < 1.29 is 18.0 Å². The summed E-state index contributed by atoms with van der Waals surface area (Å²) in [5.41, 5.74) is 0.847. The quantitative estimate of drug-likeness (QED) is 0.793. The van der Waals surface area contributed by atoms with E-state index in [1.807, 2.05) is 0 Å². The van der Waals surface area contributed by atoms with E-state index in [1.54, 1.807) is 6.07 Å². The smallest absolute Gasteiger partial charge is 0.322 e. The summed E-state index contributed by atoms with van der Waals surface area (Å²) >= 11 is 0. The number of alkyl halides is 3. The van der Waals surface area contributed by atoms with Gasteiger partial charge in [0.05, 0.1) is 0 Å². The molecule has 120 valence electrons. The summed E-state index contributed by atoms with van der Waals surface area (Å²) < 4.78 is 39.4. The van der Waals surface area contributed by atoms with E-state index < -0.39 is 17.5 Å². The molecule has 2 unspecified atom stereocenters. The molecule has 1 aliphatic heterocycles. The van der Waals surface area contributed by atoms with Crippen molar-refractivity contribution in [3.05, 3.63) is 45.2 Å². The van der Waals surface area contributed by atoms with E-state index in [9.17, 15) is 22.8 Å². The molecule has 0 spiro atoms. The molecule has 1 fully saturated rings. The SMILES string of the molecule is O=C(c1c2c(cc3[nH]c(=O)ccc13)C1CNCC2C1)C(F)(F)F. The van der Waals surface area contributed by atoms with Crippen LogP contribution in [0, 0.1) is 0 Å². The van der Waals surface area contributed by atoms with Gasteiger partial charge in [0.15, 0.2) is 0 Å². The van der Waals surface area contributed by atoms with Crippen molar-refractivity contribution in [3.8, 4) is 0 Å². The van der Waals surface area contributed by atoms with Crippen LogP contribution < -0.4 is 10.9 Å². The number of benzene rings is 1. The second kappa shape index (κ2) is 4.67. The van der Waals surface area contributed by atoms with Gasteiger partial charge in [-0.2, -0.15) is 13.2 Å². The highest BCUT2D eigenvalue weighted by atomic mass is 19.4. The summed E-state index contributed by atoms with van der Waals surface area (Å²) in [4.78, 5) is 26.1. The minimum Gasteiger partial charge on any atom is -0.322 e. The molecule has 2 atom stereocenters. The molecule has 1 saturated heterocycles. The van der Waals surface area contributed by atoms with Crippen LogP contribution >= 0.6 is 0 Å². The van der Waals surface area contributed by atoms with Crippen LogP contribution in [-0.4, -0.2) is 30.0 Å². The minimum absolute atomic E-state index is 0.0802. The fraction of sp³-hybridized carbons (Fsp3) is 0.375. The third kappa shape index (κ3) is 2.10. The molecule has 0 saturated carbocycles.